The second kappa shape index (κ2) is 5.59. The lowest BCUT2D eigenvalue weighted by Gasteiger charge is -2.07. The molecule has 0 fully saturated rings. The first-order valence-electron chi connectivity index (χ1n) is 5.45. The van der Waals surface area contributed by atoms with Crippen molar-refractivity contribution in [2.45, 2.75) is 16.7 Å². The van der Waals surface area contributed by atoms with Crippen molar-refractivity contribution in [2.24, 2.45) is 5.73 Å². The van der Waals surface area contributed by atoms with Crippen LogP contribution in [0.1, 0.15) is 11.1 Å². The van der Waals surface area contributed by atoms with Gasteiger partial charge >= 0.3 is 0 Å². The van der Waals surface area contributed by atoms with Gasteiger partial charge in [-0.3, -0.25) is 5.41 Å². The zero-order chi connectivity index (χ0) is 13.1. The molecule has 0 aromatic heterocycles. The minimum Gasteiger partial charge on any atom is -0.384 e. The zero-order valence-electron chi connectivity index (χ0n) is 9.91. The van der Waals surface area contributed by atoms with Crippen molar-refractivity contribution in [1.82, 2.24) is 0 Å². The van der Waals surface area contributed by atoms with Gasteiger partial charge in [0.2, 0.25) is 0 Å². The van der Waals surface area contributed by atoms with E-state index in [4.69, 9.17) is 11.1 Å². The number of amidine groups is 1. The number of rotatable bonds is 3. The van der Waals surface area contributed by atoms with Gasteiger partial charge in [-0.1, -0.05) is 35.5 Å². The van der Waals surface area contributed by atoms with Crippen molar-refractivity contribution in [3.05, 3.63) is 58.1 Å². The SMILES string of the molecule is Cc1cccc(Sc2ccc(C(=N)N)cc2Br)c1. The van der Waals surface area contributed by atoms with Crippen LogP contribution in [0.2, 0.25) is 0 Å². The van der Waals surface area contributed by atoms with Crippen LogP contribution in [0.25, 0.3) is 0 Å². The molecule has 2 rings (SSSR count). The van der Waals surface area contributed by atoms with E-state index in [1.807, 2.05) is 18.2 Å². The van der Waals surface area contributed by atoms with Gasteiger partial charge in [-0.25, -0.2) is 0 Å². The summed E-state index contributed by atoms with van der Waals surface area (Å²) in [7, 11) is 0. The fraction of sp³-hybridized carbons (Fsp3) is 0.0714. The van der Waals surface area contributed by atoms with E-state index in [9.17, 15) is 0 Å². The van der Waals surface area contributed by atoms with Gasteiger partial charge in [0.25, 0.3) is 0 Å². The number of nitrogens with two attached hydrogens (primary N) is 1. The third-order valence-electron chi connectivity index (χ3n) is 2.46. The molecule has 0 unspecified atom stereocenters. The van der Waals surface area contributed by atoms with Crippen LogP contribution >= 0.6 is 27.7 Å². The summed E-state index contributed by atoms with van der Waals surface area (Å²) < 4.78 is 0.960. The van der Waals surface area contributed by atoms with Crippen LogP contribution in [0.4, 0.5) is 0 Å². The Morgan fingerprint density at radius 3 is 2.61 bits per heavy atom. The number of aryl methyl sites for hydroxylation is 1. The van der Waals surface area contributed by atoms with Crippen molar-refractivity contribution in [3.8, 4) is 0 Å². The summed E-state index contributed by atoms with van der Waals surface area (Å²) in [5, 5.41) is 7.40. The second-order valence-electron chi connectivity index (χ2n) is 3.98. The standard InChI is InChI=1S/C14H13BrN2S/c1-9-3-2-4-11(7-9)18-13-6-5-10(14(16)17)8-12(13)15/h2-8H,1H3,(H3,16,17). The van der Waals surface area contributed by atoms with E-state index in [0.29, 0.717) is 0 Å². The molecule has 0 saturated carbocycles. The molecule has 0 aliphatic rings. The first-order chi connectivity index (χ1) is 8.56. The maximum atomic E-state index is 7.40. The number of hydrogen-bond donors (Lipinski definition) is 2. The zero-order valence-corrected chi connectivity index (χ0v) is 12.3. The molecule has 0 radical (unpaired) electrons. The van der Waals surface area contributed by atoms with Gasteiger partial charge in [-0.15, -0.1) is 0 Å². The molecule has 0 aliphatic heterocycles. The van der Waals surface area contributed by atoms with E-state index in [1.54, 1.807) is 11.8 Å². The van der Waals surface area contributed by atoms with E-state index in [2.05, 4.69) is 47.1 Å². The molecule has 0 bridgehead atoms. The molecule has 2 nitrogen and oxygen atoms in total. The normalized spacial score (nSPS) is 10.3. The summed E-state index contributed by atoms with van der Waals surface area (Å²) in [6.07, 6.45) is 0. The van der Waals surface area contributed by atoms with Crippen molar-refractivity contribution < 1.29 is 0 Å². The average Bonchev–Trinajstić information content (AvgIpc) is 2.31. The monoisotopic (exact) mass is 320 g/mol. The molecule has 0 amide bonds. The molecule has 0 heterocycles. The predicted molar refractivity (Wildman–Crippen MR) is 80.5 cm³/mol. The van der Waals surface area contributed by atoms with Gasteiger partial charge in [0, 0.05) is 19.8 Å². The van der Waals surface area contributed by atoms with Crippen molar-refractivity contribution >= 4 is 33.5 Å². The van der Waals surface area contributed by atoms with Crippen molar-refractivity contribution in [2.75, 3.05) is 0 Å². The Kier molecular flexibility index (Phi) is 4.09. The van der Waals surface area contributed by atoms with Gasteiger partial charge in [-0.05, 0) is 47.1 Å². The quantitative estimate of drug-likeness (QED) is 0.658. The molecule has 2 aromatic rings. The lowest BCUT2D eigenvalue weighted by Crippen LogP contribution is -2.10. The van der Waals surface area contributed by atoms with Crippen LogP contribution in [0, 0.1) is 12.3 Å². The molecular weight excluding hydrogens is 308 g/mol. The lowest BCUT2D eigenvalue weighted by molar-refractivity contribution is 1.32. The van der Waals surface area contributed by atoms with Crippen LogP contribution in [0.5, 0.6) is 0 Å². The molecule has 0 aliphatic carbocycles. The number of hydrogen-bond acceptors (Lipinski definition) is 2. The maximum absolute atomic E-state index is 7.40. The molecule has 0 atom stereocenters. The maximum Gasteiger partial charge on any atom is 0.122 e. The van der Waals surface area contributed by atoms with Gasteiger partial charge in [0.05, 0.1) is 0 Å². The summed E-state index contributed by atoms with van der Waals surface area (Å²) in [4.78, 5) is 2.32. The smallest absolute Gasteiger partial charge is 0.122 e. The first-order valence-corrected chi connectivity index (χ1v) is 7.05. The van der Waals surface area contributed by atoms with E-state index < -0.39 is 0 Å². The molecule has 2 aromatic carbocycles. The Morgan fingerprint density at radius 1 is 1.22 bits per heavy atom. The van der Waals surface area contributed by atoms with Crippen molar-refractivity contribution in [1.29, 1.82) is 5.41 Å². The van der Waals surface area contributed by atoms with Crippen LogP contribution in [0.3, 0.4) is 0 Å². The van der Waals surface area contributed by atoms with Crippen LogP contribution in [-0.2, 0) is 0 Å². The fourth-order valence-electron chi connectivity index (χ4n) is 1.56. The molecule has 18 heavy (non-hydrogen) atoms. The Labute approximate surface area is 119 Å². The van der Waals surface area contributed by atoms with Crippen LogP contribution in [-0.4, -0.2) is 5.84 Å². The van der Waals surface area contributed by atoms with E-state index in [1.165, 1.54) is 10.5 Å². The largest absolute Gasteiger partial charge is 0.384 e. The molecular formula is C14H13BrN2S. The Hall–Kier alpha value is -1.26. The summed E-state index contributed by atoms with van der Waals surface area (Å²) in [6, 6.07) is 14.1. The van der Waals surface area contributed by atoms with Crippen LogP contribution in [0.15, 0.2) is 56.7 Å². The minimum atomic E-state index is 0.0859. The highest BCUT2D eigenvalue weighted by molar-refractivity contribution is 9.10. The summed E-state index contributed by atoms with van der Waals surface area (Å²) in [6.45, 7) is 2.08. The topological polar surface area (TPSA) is 49.9 Å². The lowest BCUT2D eigenvalue weighted by atomic mass is 10.2. The third-order valence-corrected chi connectivity index (χ3v) is 4.44. The number of nitrogens with one attached hydrogen (secondary N) is 1. The van der Waals surface area contributed by atoms with Gasteiger partial charge in [-0.2, -0.15) is 0 Å². The van der Waals surface area contributed by atoms with E-state index >= 15 is 0 Å². The number of nitrogen functional groups attached to an aromatic ring is 1. The Balaban J connectivity index is 2.27. The molecule has 0 saturated heterocycles. The third kappa shape index (κ3) is 3.15. The summed E-state index contributed by atoms with van der Waals surface area (Å²) in [5.41, 5.74) is 7.44. The van der Waals surface area contributed by atoms with E-state index in [0.717, 1.165) is 14.9 Å². The summed E-state index contributed by atoms with van der Waals surface area (Å²) >= 11 is 5.21. The Bertz CT molecular complexity index is 596. The average molecular weight is 321 g/mol. The van der Waals surface area contributed by atoms with Gasteiger partial charge in [0.15, 0.2) is 0 Å². The van der Waals surface area contributed by atoms with Gasteiger partial charge < -0.3 is 5.73 Å². The molecule has 0 spiro atoms. The minimum absolute atomic E-state index is 0.0859. The second-order valence-corrected chi connectivity index (χ2v) is 5.95. The summed E-state index contributed by atoms with van der Waals surface area (Å²) in [5.74, 6) is 0.0859. The molecule has 4 heteroatoms. The van der Waals surface area contributed by atoms with Crippen LogP contribution < -0.4 is 5.73 Å². The van der Waals surface area contributed by atoms with Gasteiger partial charge in [0.1, 0.15) is 5.84 Å². The fourth-order valence-corrected chi connectivity index (χ4v) is 3.12. The van der Waals surface area contributed by atoms with Crippen molar-refractivity contribution in [3.63, 3.8) is 0 Å². The first kappa shape index (κ1) is 13.2. The highest BCUT2D eigenvalue weighted by atomic mass is 79.9. The molecule has 3 N–H and O–H groups in total. The van der Waals surface area contributed by atoms with E-state index in [-0.39, 0.29) is 5.84 Å². The Morgan fingerprint density at radius 2 is 2.00 bits per heavy atom. The highest BCUT2D eigenvalue weighted by Crippen LogP contribution is 2.34. The predicted octanol–water partition coefficient (Wildman–Crippen LogP) is 4.19. The number of benzene rings is 2. The molecule has 92 valence electrons. The highest BCUT2D eigenvalue weighted by Gasteiger charge is 2.05. The number of halogens is 1.